The zero-order valence-corrected chi connectivity index (χ0v) is 12.4. The van der Waals surface area contributed by atoms with Gasteiger partial charge in [0.1, 0.15) is 0 Å². The van der Waals surface area contributed by atoms with Crippen LogP contribution >= 0.6 is 0 Å². The number of hydrogen-bond acceptors (Lipinski definition) is 5. The van der Waals surface area contributed by atoms with Gasteiger partial charge in [-0.05, 0) is 29.7 Å². The van der Waals surface area contributed by atoms with Gasteiger partial charge in [0.25, 0.3) is 0 Å². The number of allylic oxidation sites excluding steroid dienone is 2. The Bertz CT molecular complexity index is 833. The van der Waals surface area contributed by atoms with E-state index in [4.69, 9.17) is 14.2 Å². The Morgan fingerprint density at radius 1 is 0.818 bits per heavy atom. The fourth-order valence-electron chi connectivity index (χ4n) is 2.72. The molecule has 0 heterocycles. The summed E-state index contributed by atoms with van der Waals surface area (Å²) in [6, 6.07) is 6.85. The highest BCUT2D eigenvalue weighted by atomic mass is 16.5. The van der Waals surface area contributed by atoms with Crippen molar-refractivity contribution in [3.63, 3.8) is 0 Å². The summed E-state index contributed by atoms with van der Waals surface area (Å²) in [5, 5.41) is 1.34. The van der Waals surface area contributed by atoms with Crippen LogP contribution in [0.1, 0.15) is 20.7 Å². The lowest BCUT2D eigenvalue weighted by atomic mass is 9.88. The molecule has 0 aromatic heterocycles. The summed E-state index contributed by atoms with van der Waals surface area (Å²) >= 11 is 0. The second-order valence-electron chi connectivity index (χ2n) is 4.79. The monoisotopic (exact) mass is 298 g/mol. The van der Waals surface area contributed by atoms with Crippen molar-refractivity contribution in [2.45, 2.75) is 0 Å². The van der Waals surface area contributed by atoms with E-state index in [1.165, 1.54) is 20.3 Å². The second-order valence-corrected chi connectivity index (χ2v) is 4.79. The van der Waals surface area contributed by atoms with E-state index in [-0.39, 0.29) is 17.3 Å². The van der Waals surface area contributed by atoms with Crippen LogP contribution in [0.3, 0.4) is 0 Å². The van der Waals surface area contributed by atoms with Crippen molar-refractivity contribution in [3.8, 4) is 11.5 Å². The van der Waals surface area contributed by atoms with E-state index in [2.05, 4.69) is 0 Å². The first kappa shape index (κ1) is 14.1. The molecular weight excluding hydrogens is 284 g/mol. The predicted molar refractivity (Wildman–Crippen MR) is 80.8 cm³/mol. The molecule has 0 spiro atoms. The smallest absolute Gasteiger partial charge is 0.229 e. The number of Topliss-reactive ketones (excluding diaryl/α,β-unsaturated/α-hetero) is 1. The molecule has 0 amide bonds. The van der Waals surface area contributed by atoms with Crippen LogP contribution in [0.25, 0.3) is 10.8 Å². The van der Waals surface area contributed by atoms with Gasteiger partial charge < -0.3 is 14.2 Å². The van der Waals surface area contributed by atoms with E-state index in [1.807, 2.05) is 0 Å². The molecule has 5 nitrogen and oxygen atoms in total. The highest BCUT2D eigenvalue weighted by Gasteiger charge is 2.29. The molecule has 0 saturated heterocycles. The maximum absolute atomic E-state index is 12.5. The number of hydrogen-bond donors (Lipinski definition) is 0. The Morgan fingerprint density at radius 2 is 1.55 bits per heavy atom. The quantitative estimate of drug-likeness (QED) is 0.872. The first-order valence-electron chi connectivity index (χ1n) is 6.64. The van der Waals surface area contributed by atoms with Crippen molar-refractivity contribution in [1.82, 2.24) is 0 Å². The summed E-state index contributed by atoms with van der Waals surface area (Å²) < 4.78 is 15.7. The van der Waals surface area contributed by atoms with Gasteiger partial charge in [-0.3, -0.25) is 9.59 Å². The lowest BCUT2D eigenvalue weighted by molar-refractivity contribution is 0.0918. The van der Waals surface area contributed by atoms with Gasteiger partial charge in [-0.15, -0.1) is 0 Å². The fourth-order valence-corrected chi connectivity index (χ4v) is 2.72. The highest BCUT2D eigenvalue weighted by molar-refractivity contribution is 6.28. The molecule has 0 atom stereocenters. The maximum atomic E-state index is 12.5. The number of rotatable bonds is 3. The Hall–Kier alpha value is -2.82. The zero-order chi connectivity index (χ0) is 15.9. The van der Waals surface area contributed by atoms with Gasteiger partial charge in [-0.25, -0.2) is 0 Å². The van der Waals surface area contributed by atoms with Crippen molar-refractivity contribution in [1.29, 1.82) is 0 Å². The molecule has 2 aromatic rings. The van der Waals surface area contributed by atoms with Crippen molar-refractivity contribution in [2.75, 3.05) is 21.3 Å². The van der Waals surface area contributed by atoms with E-state index in [0.29, 0.717) is 33.4 Å². The van der Waals surface area contributed by atoms with Crippen LogP contribution in [-0.4, -0.2) is 32.9 Å². The molecule has 0 aliphatic heterocycles. The van der Waals surface area contributed by atoms with Crippen molar-refractivity contribution in [3.05, 3.63) is 47.2 Å². The van der Waals surface area contributed by atoms with Gasteiger partial charge in [0.05, 0.1) is 21.3 Å². The molecule has 22 heavy (non-hydrogen) atoms. The minimum atomic E-state index is -0.310. The molecule has 0 fully saturated rings. The average molecular weight is 298 g/mol. The van der Waals surface area contributed by atoms with E-state index < -0.39 is 0 Å². The van der Waals surface area contributed by atoms with Gasteiger partial charge in [-0.1, -0.05) is 0 Å². The minimum absolute atomic E-state index is 0.0415. The first-order chi connectivity index (χ1) is 10.6. The highest BCUT2D eigenvalue weighted by Crippen LogP contribution is 2.39. The lowest BCUT2D eigenvalue weighted by Crippen LogP contribution is -2.18. The standard InChI is InChI=1S/C17H14O5/c1-20-13-7-6-9-10(17(13)22-3)4-5-11-12(18)8-14(21-2)16(19)15(9)11/h4-8H,1-3H3. The number of carbonyl (C=O) groups is 2. The number of methoxy groups -OCH3 is 3. The molecule has 112 valence electrons. The van der Waals surface area contributed by atoms with Crippen molar-refractivity contribution in [2.24, 2.45) is 0 Å². The third-order valence-electron chi connectivity index (χ3n) is 3.74. The fraction of sp³-hybridized carbons (Fsp3) is 0.176. The van der Waals surface area contributed by atoms with Crippen molar-refractivity contribution >= 4 is 22.3 Å². The summed E-state index contributed by atoms with van der Waals surface area (Å²) in [5.74, 6) is 0.571. The van der Waals surface area contributed by atoms with Gasteiger partial charge >= 0.3 is 0 Å². The maximum Gasteiger partial charge on any atom is 0.229 e. The Labute approximate surface area is 127 Å². The van der Waals surface area contributed by atoms with Crippen molar-refractivity contribution < 1.29 is 23.8 Å². The van der Waals surface area contributed by atoms with Crippen LogP contribution < -0.4 is 9.47 Å². The van der Waals surface area contributed by atoms with Crippen LogP contribution in [0, 0.1) is 0 Å². The van der Waals surface area contributed by atoms with Gasteiger partial charge in [0, 0.05) is 22.6 Å². The molecule has 0 saturated carbocycles. The Morgan fingerprint density at radius 3 is 2.18 bits per heavy atom. The van der Waals surface area contributed by atoms with Crippen LogP contribution in [0.2, 0.25) is 0 Å². The predicted octanol–water partition coefficient (Wildman–Crippen LogP) is 2.77. The third kappa shape index (κ3) is 1.86. The molecule has 3 rings (SSSR count). The van der Waals surface area contributed by atoms with Gasteiger partial charge in [0.2, 0.25) is 5.78 Å². The molecule has 0 unspecified atom stereocenters. The number of benzene rings is 2. The van der Waals surface area contributed by atoms with Crippen LogP contribution in [0.4, 0.5) is 0 Å². The first-order valence-corrected chi connectivity index (χ1v) is 6.64. The summed E-state index contributed by atoms with van der Waals surface area (Å²) in [7, 11) is 4.45. The lowest BCUT2D eigenvalue weighted by Gasteiger charge is -2.18. The molecule has 5 heteroatoms. The molecule has 1 aliphatic carbocycles. The number of ketones is 2. The molecule has 0 N–H and O–H groups in total. The van der Waals surface area contributed by atoms with E-state index in [9.17, 15) is 9.59 Å². The van der Waals surface area contributed by atoms with Gasteiger partial charge in [-0.2, -0.15) is 0 Å². The van der Waals surface area contributed by atoms with Gasteiger partial charge in [0.15, 0.2) is 23.0 Å². The second kappa shape index (κ2) is 5.18. The largest absolute Gasteiger partial charge is 0.493 e. The SMILES string of the molecule is COC1=CC(=O)c2ccc3c(OC)c(OC)ccc3c2C1=O. The van der Waals surface area contributed by atoms with Crippen LogP contribution in [-0.2, 0) is 4.74 Å². The topological polar surface area (TPSA) is 61.8 Å². The molecular formula is C17H14O5. The van der Waals surface area contributed by atoms with Crippen LogP contribution in [0.15, 0.2) is 36.1 Å². The van der Waals surface area contributed by atoms with Crippen LogP contribution in [0.5, 0.6) is 11.5 Å². The number of ether oxygens (including phenoxy) is 3. The minimum Gasteiger partial charge on any atom is -0.493 e. The molecule has 0 radical (unpaired) electrons. The third-order valence-corrected chi connectivity index (χ3v) is 3.74. The summed E-state index contributed by atoms with van der Waals surface area (Å²) in [6.07, 6.45) is 1.22. The summed E-state index contributed by atoms with van der Waals surface area (Å²) in [5.41, 5.74) is 0.702. The normalized spacial score (nSPS) is 13.7. The Balaban J connectivity index is 2.38. The Kier molecular flexibility index (Phi) is 3.33. The summed E-state index contributed by atoms with van der Waals surface area (Å²) in [6.45, 7) is 0. The van der Waals surface area contributed by atoms with E-state index in [0.717, 1.165) is 0 Å². The summed E-state index contributed by atoms with van der Waals surface area (Å²) in [4.78, 5) is 24.7. The average Bonchev–Trinajstić information content (AvgIpc) is 2.55. The molecule has 0 bridgehead atoms. The molecule has 2 aromatic carbocycles. The molecule has 1 aliphatic rings. The zero-order valence-electron chi connectivity index (χ0n) is 12.4. The number of fused-ring (bicyclic) bond motifs is 3. The number of carbonyl (C=O) groups excluding carboxylic acids is 2. The van der Waals surface area contributed by atoms with E-state index in [1.54, 1.807) is 31.4 Å². The van der Waals surface area contributed by atoms with E-state index >= 15 is 0 Å².